The Labute approximate surface area is 116 Å². The summed E-state index contributed by atoms with van der Waals surface area (Å²) in [5, 5.41) is 14.2. The molecule has 20 heavy (non-hydrogen) atoms. The molecule has 0 aromatic heterocycles. The molecule has 0 amide bonds. The van der Waals surface area contributed by atoms with Crippen LogP contribution in [0.25, 0.3) is 0 Å². The molecule has 0 spiro atoms. The van der Waals surface area contributed by atoms with Gasteiger partial charge >= 0.3 is 13.9 Å². The van der Waals surface area contributed by atoms with Crippen molar-refractivity contribution in [1.29, 1.82) is 0 Å². The third kappa shape index (κ3) is 9.19. The highest BCUT2D eigenvalue weighted by atomic mass is 19.4. The zero-order valence-corrected chi connectivity index (χ0v) is 11.0. The van der Waals surface area contributed by atoms with Gasteiger partial charge in [0.15, 0.2) is 0 Å². The van der Waals surface area contributed by atoms with Crippen LogP contribution in [0.15, 0.2) is 60.7 Å². The van der Waals surface area contributed by atoms with Gasteiger partial charge in [-0.2, -0.15) is 13.2 Å². The normalized spacial score (nSPS) is 9.50. The summed E-state index contributed by atoms with van der Waals surface area (Å²) in [4.78, 5) is 0. The Balaban J connectivity index is 0.000000315. The summed E-state index contributed by atoms with van der Waals surface area (Å²) in [6.07, 6.45) is -4.21. The number of aryl methyl sites for hydroxylation is 1. The van der Waals surface area contributed by atoms with Crippen LogP contribution >= 0.6 is 0 Å². The van der Waals surface area contributed by atoms with E-state index in [1.54, 1.807) is 6.07 Å². The molecule has 0 saturated carbocycles. The maximum absolute atomic E-state index is 11.8. The average Bonchev–Trinajstić information content (AvgIpc) is 2.41. The van der Waals surface area contributed by atoms with Gasteiger partial charge < -0.3 is 10.0 Å². The van der Waals surface area contributed by atoms with Gasteiger partial charge in [0, 0.05) is 0 Å². The average molecular weight is 284 g/mol. The van der Waals surface area contributed by atoms with Gasteiger partial charge in [-0.1, -0.05) is 66.2 Å². The van der Waals surface area contributed by atoms with E-state index < -0.39 is 19.4 Å². The van der Waals surface area contributed by atoms with E-state index in [4.69, 9.17) is 10.0 Å². The van der Waals surface area contributed by atoms with Crippen molar-refractivity contribution >= 4 is 7.69 Å². The van der Waals surface area contributed by atoms with E-state index in [0.29, 0.717) is 0 Å². The Hall–Kier alpha value is -1.79. The highest BCUT2D eigenvalue weighted by molar-refractivity contribution is 6.13. The summed E-state index contributed by atoms with van der Waals surface area (Å²) in [7, 11) is -0.750. The minimum Gasteiger partial charge on any atom is -0.430 e. The molecule has 0 radical (unpaired) electrons. The monoisotopic (exact) mass is 284 g/mol. The van der Waals surface area contributed by atoms with Crippen LogP contribution in [0, 0.1) is 6.92 Å². The quantitative estimate of drug-likeness (QED) is 0.730. The molecule has 0 saturated heterocycles. The summed E-state index contributed by atoms with van der Waals surface area (Å²) in [6.45, 7) is 2.08. The Morgan fingerprint density at radius 1 is 0.800 bits per heavy atom. The first-order valence-electron chi connectivity index (χ1n) is 5.77. The molecule has 0 unspecified atom stereocenters. The van der Waals surface area contributed by atoms with E-state index in [9.17, 15) is 13.2 Å². The Kier molecular flexibility index (Phi) is 9.16. The SMILES string of the molecule is Cc1ccccc1.FC(F)(F)c1ccccc1.OBO. The molecule has 2 N–H and O–H groups in total. The maximum Gasteiger partial charge on any atom is 0.432 e. The van der Waals surface area contributed by atoms with E-state index in [1.165, 1.54) is 17.7 Å². The zero-order valence-electron chi connectivity index (χ0n) is 11.0. The van der Waals surface area contributed by atoms with Crippen molar-refractivity contribution in [3.63, 3.8) is 0 Å². The summed E-state index contributed by atoms with van der Waals surface area (Å²) in [5.74, 6) is 0. The summed E-state index contributed by atoms with van der Waals surface area (Å²) < 4.78 is 35.4. The third-order valence-corrected chi connectivity index (χ3v) is 2.04. The molecule has 2 rings (SSSR count). The Bertz CT molecular complexity index is 447. The van der Waals surface area contributed by atoms with Crippen LogP contribution in [0.2, 0.25) is 0 Å². The second-order valence-electron chi connectivity index (χ2n) is 3.66. The van der Waals surface area contributed by atoms with Crippen LogP contribution in [0.4, 0.5) is 13.2 Å². The van der Waals surface area contributed by atoms with Gasteiger partial charge in [0.1, 0.15) is 0 Å². The van der Waals surface area contributed by atoms with Crippen molar-refractivity contribution in [3.8, 4) is 0 Å². The second kappa shape index (κ2) is 10.1. The van der Waals surface area contributed by atoms with Crippen LogP contribution in [0.5, 0.6) is 0 Å². The first-order chi connectivity index (χ1) is 9.41. The van der Waals surface area contributed by atoms with E-state index in [1.807, 2.05) is 18.2 Å². The zero-order chi connectivity index (χ0) is 15.4. The van der Waals surface area contributed by atoms with Crippen LogP contribution in [0.1, 0.15) is 11.1 Å². The predicted octanol–water partition coefficient (Wildman–Crippen LogP) is 2.94. The third-order valence-electron chi connectivity index (χ3n) is 2.04. The van der Waals surface area contributed by atoms with Gasteiger partial charge in [0.25, 0.3) is 0 Å². The number of alkyl halides is 3. The van der Waals surface area contributed by atoms with E-state index in [0.717, 1.165) is 12.1 Å². The number of halogens is 3. The molecule has 2 nitrogen and oxygen atoms in total. The van der Waals surface area contributed by atoms with Crippen molar-refractivity contribution in [1.82, 2.24) is 0 Å². The molecule has 2 aromatic rings. The molecule has 0 aliphatic carbocycles. The Morgan fingerprint density at radius 2 is 1.15 bits per heavy atom. The van der Waals surface area contributed by atoms with E-state index in [-0.39, 0.29) is 0 Å². The molecule has 0 aliphatic heterocycles. The van der Waals surface area contributed by atoms with Crippen LogP contribution in [-0.4, -0.2) is 17.7 Å². The molecular formula is C14H16BF3O2. The molecule has 2 aromatic carbocycles. The lowest BCUT2D eigenvalue weighted by molar-refractivity contribution is -0.137. The molecule has 0 bridgehead atoms. The molecule has 0 heterocycles. The number of benzene rings is 2. The Morgan fingerprint density at radius 3 is 1.35 bits per heavy atom. The summed E-state index contributed by atoms with van der Waals surface area (Å²) in [6, 6.07) is 16.6. The lowest BCUT2D eigenvalue weighted by Crippen LogP contribution is -2.03. The largest absolute Gasteiger partial charge is 0.432 e. The van der Waals surface area contributed by atoms with Gasteiger partial charge in [0.05, 0.1) is 5.56 Å². The second-order valence-corrected chi connectivity index (χ2v) is 3.66. The first-order valence-corrected chi connectivity index (χ1v) is 5.77. The van der Waals surface area contributed by atoms with Crippen molar-refractivity contribution in [2.45, 2.75) is 13.1 Å². The molecule has 0 fully saturated rings. The summed E-state index contributed by atoms with van der Waals surface area (Å²) in [5.41, 5.74) is 0.720. The fourth-order valence-corrected chi connectivity index (χ4v) is 1.16. The van der Waals surface area contributed by atoms with Crippen molar-refractivity contribution in [2.75, 3.05) is 0 Å². The maximum atomic E-state index is 11.8. The van der Waals surface area contributed by atoms with Crippen molar-refractivity contribution in [3.05, 3.63) is 71.8 Å². The van der Waals surface area contributed by atoms with Gasteiger partial charge in [0.2, 0.25) is 0 Å². The van der Waals surface area contributed by atoms with E-state index in [2.05, 4.69) is 19.1 Å². The minimum absolute atomic E-state index is 0.602. The van der Waals surface area contributed by atoms with E-state index >= 15 is 0 Å². The number of rotatable bonds is 0. The smallest absolute Gasteiger partial charge is 0.430 e. The molecule has 6 heteroatoms. The van der Waals surface area contributed by atoms with Crippen LogP contribution < -0.4 is 0 Å². The number of hydrogen-bond donors (Lipinski definition) is 2. The highest BCUT2D eigenvalue weighted by Crippen LogP contribution is 2.28. The van der Waals surface area contributed by atoms with Crippen molar-refractivity contribution < 1.29 is 23.2 Å². The highest BCUT2D eigenvalue weighted by Gasteiger charge is 2.29. The number of hydrogen-bond acceptors (Lipinski definition) is 2. The fourth-order valence-electron chi connectivity index (χ4n) is 1.16. The van der Waals surface area contributed by atoms with Gasteiger partial charge in [-0.25, -0.2) is 0 Å². The summed E-state index contributed by atoms with van der Waals surface area (Å²) >= 11 is 0. The minimum atomic E-state index is -4.21. The fraction of sp³-hybridized carbons (Fsp3) is 0.143. The molecule has 0 aliphatic rings. The molecule has 0 atom stereocenters. The molecular weight excluding hydrogens is 268 g/mol. The van der Waals surface area contributed by atoms with Crippen molar-refractivity contribution in [2.24, 2.45) is 0 Å². The predicted molar refractivity (Wildman–Crippen MR) is 74.2 cm³/mol. The van der Waals surface area contributed by atoms with Crippen LogP contribution in [-0.2, 0) is 6.18 Å². The lowest BCUT2D eigenvalue weighted by atomic mass is 10.2. The molecule has 108 valence electrons. The van der Waals surface area contributed by atoms with Gasteiger partial charge in [-0.15, -0.1) is 0 Å². The van der Waals surface area contributed by atoms with Crippen LogP contribution in [0.3, 0.4) is 0 Å². The van der Waals surface area contributed by atoms with Gasteiger partial charge in [-0.05, 0) is 6.92 Å². The lowest BCUT2D eigenvalue weighted by Gasteiger charge is -2.03. The standard InChI is InChI=1S/C7H5F3.C7H8.BH3O2/c8-7(9,10)6-4-2-1-3-5-6;1-7-5-3-2-4-6-7;2-1-3/h1-5H;2-6H,1H3;1-3H. The van der Waals surface area contributed by atoms with Gasteiger partial charge in [-0.3, -0.25) is 0 Å². The first kappa shape index (κ1) is 18.2. The topological polar surface area (TPSA) is 40.5 Å².